The van der Waals surface area contributed by atoms with Gasteiger partial charge in [0.25, 0.3) is 0 Å². The number of hydrogen-bond acceptors (Lipinski definition) is 3. The first-order valence-corrected chi connectivity index (χ1v) is 7.79. The number of alkyl halides is 3. The van der Waals surface area contributed by atoms with Crippen LogP contribution >= 0.6 is 0 Å². The van der Waals surface area contributed by atoms with Crippen molar-refractivity contribution in [3.8, 4) is 0 Å². The van der Waals surface area contributed by atoms with E-state index < -0.39 is 23.8 Å². The molecule has 0 radical (unpaired) electrons. The summed E-state index contributed by atoms with van der Waals surface area (Å²) in [5.74, 6) is -0.471. The first kappa shape index (κ1) is 17.7. The van der Waals surface area contributed by atoms with Crippen LogP contribution in [0, 0.1) is 0 Å². The van der Waals surface area contributed by atoms with Gasteiger partial charge in [0.05, 0.1) is 11.7 Å². The Morgan fingerprint density at radius 1 is 1.08 bits per heavy atom. The maximum Gasteiger partial charge on any atom is 0.435 e. The van der Waals surface area contributed by atoms with Gasteiger partial charge in [-0.05, 0) is 23.8 Å². The second kappa shape index (κ2) is 7.38. The molecular formula is C18H15F3N4O. The molecule has 8 heteroatoms. The molecule has 3 rings (SSSR count). The Balaban J connectivity index is 1.77. The van der Waals surface area contributed by atoms with Crippen LogP contribution in [0.25, 0.3) is 0 Å². The molecule has 0 aliphatic heterocycles. The van der Waals surface area contributed by atoms with Crippen molar-refractivity contribution in [2.24, 2.45) is 0 Å². The Hall–Kier alpha value is -3.16. The number of hydrogen-bond donors (Lipinski definition) is 1. The van der Waals surface area contributed by atoms with E-state index in [-0.39, 0.29) is 6.54 Å². The van der Waals surface area contributed by atoms with E-state index in [9.17, 15) is 18.0 Å². The minimum Gasteiger partial charge on any atom is -0.342 e. The van der Waals surface area contributed by atoms with Gasteiger partial charge in [0.2, 0.25) is 5.91 Å². The molecular weight excluding hydrogens is 345 g/mol. The fourth-order valence-corrected chi connectivity index (χ4v) is 2.47. The van der Waals surface area contributed by atoms with E-state index in [4.69, 9.17) is 0 Å². The maximum atomic E-state index is 12.6. The van der Waals surface area contributed by atoms with Crippen LogP contribution in [0.2, 0.25) is 0 Å². The fraction of sp³-hybridized carbons (Fsp3) is 0.167. The Morgan fingerprint density at radius 2 is 1.81 bits per heavy atom. The zero-order chi connectivity index (χ0) is 18.6. The van der Waals surface area contributed by atoms with Crippen LogP contribution in [-0.2, 0) is 17.5 Å². The summed E-state index contributed by atoms with van der Waals surface area (Å²) < 4.78 is 38.8. The van der Waals surface area contributed by atoms with Gasteiger partial charge in [-0.1, -0.05) is 36.4 Å². The van der Waals surface area contributed by atoms with Gasteiger partial charge in [0.1, 0.15) is 6.54 Å². The summed E-state index contributed by atoms with van der Waals surface area (Å²) >= 11 is 0. The molecule has 0 fully saturated rings. The fourth-order valence-electron chi connectivity index (χ4n) is 2.47. The number of nitrogens with one attached hydrogen (secondary N) is 1. The molecule has 0 aliphatic rings. The lowest BCUT2D eigenvalue weighted by atomic mass is 10.0. The van der Waals surface area contributed by atoms with Gasteiger partial charge < -0.3 is 5.32 Å². The number of rotatable bonds is 5. The Bertz CT molecular complexity index is 823. The van der Waals surface area contributed by atoms with Gasteiger partial charge >= 0.3 is 6.18 Å². The standard InChI is InChI=1S/C18H15F3N4O/c19-18(20,21)15-9-11-25(24-15)12-16(26)23-17(13-6-2-1-3-7-13)14-8-4-5-10-22-14/h1-11,17H,12H2,(H,23,26)/t17-/m0/s1. The summed E-state index contributed by atoms with van der Waals surface area (Å²) in [5, 5.41) is 6.19. The van der Waals surface area contributed by atoms with Crippen LogP contribution in [0.3, 0.4) is 0 Å². The topological polar surface area (TPSA) is 59.8 Å². The summed E-state index contributed by atoms with van der Waals surface area (Å²) in [7, 11) is 0. The van der Waals surface area contributed by atoms with E-state index in [0.717, 1.165) is 22.5 Å². The SMILES string of the molecule is O=C(Cn1ccc(C(F)(F)F)n1)N[C@@H](c1ccccc1)c1ccccn1. The molecule has 2 aromatic heterocycles. The molecule has 3 aromatic rings. The largest absolute Gasteiger partial charge is 0.435 e. The van der Waals surface area contributed by atoms with Crippen molar-refractivity contribution < 1.29 is 18.0 Å². The highest BCUT2D eigenvalue weighted by molar-refractivity contribution is 5.76. The van der Waals surface area contributed by atoms with Gasteiger partial charge in [-0.25, -0.2) is 0 Å². The molecule has 0 saturated carbocycles. The molecule has 0 unspecified atom stereocenters. The lowest BCUT2D eigenvalue weighted by molar-refractivity contribution is -0.141. The molecule has 134 valence electrons. The van der Waals surface area contributed by atoms with Crippen molar-refractivity contribution in [2.45, 2.75) is 18.8 Å². The van der Waals surface area contributed by atoms with Crippen LogP contribution in [0.1, 0.15) is 23.0 Å². The molecule has 1 aromatic carbocycles. The Kier molecular flexibility index (Phi) is 5.01. The van der Waals surface area contributed by atoms with Crippen molar-refractivity contribution in [3.05, 3.63) is 83.9 Å². The molecule has 0 spiro atoms. The second-order valence-electron chi connectivity index (χ2n) is 5.56. The smallest absolute Gasteiger partial charge is 0.342 e. The average Bonchev–Trinajstić information content (AvgIpc) is 3.10. The third kappa shape index (κ3) is 4.27. The molecule has 0 aliphatic carbocycles. The zero-order valence-electron chi connectivity index (χ0n) is 13.5. The molecule has 1 N–H and O–H groups in total. The molecule has 1 amide bonds. The van der Waals surface area contributed by atoms with E-state index in [1.165, 1.54) is 0 Å². The quantitative estimate of drug-likeness (QED) is 0.760. The van der Waals surface area contributed by atoms with Crippen LogP contribution in [0.4, 0.5) is 13.2 Å². The Labute approximate surface area is 147 Å². The van der Waals surface area contributed by atoms with Gasteiger partial charge in [-0.2, -0.15) is 18.3 Å². The second-order valence-corrected chi connectivity index (χ2v) is 5.56. The van der Waals surface area contributed by atoms with E-state index in [2.05, 4.69) is 15.4 Å². The van der Waals surface area contributed by atoms with Crippen LogP contribution < -0.4 is 5.32 Å². The molecule has 2 heterocycles. The third-order valence-corrected chi connectivity index (χ3v) is 3.66. The van der Waals surface area contributed by atoms with Gasteiger partial charge in [-0.15, -0.1) is 0 Å². The highest BCUT2D eigenvalue weighted by Gasteiger charge is 2.33. The number of benzene rings is 1. The predicted octanol–water partition coefficient (Wildman–Crippen LogP) is 3.20. The molecule has 5 nitrogen and oxygen atoms in total. The zero-order valence-corrected chi connectivity index (χ0v) is 13.5. The minimum atomic E-state index is -4.54. The van der Waals surface area contributed by atoms with E-state index in [0.29, 0.717) is 5.69 Å². The summed E-state index contributed by atoms with van der Waals surface area (Å²) in [5.41, 5.74) is 0.411. The van der Waals surface area contributed by atoms with Crippen molar-refractivity contribution >= 4 is 5.91 Å². The van der Waals surface area contributed by atoms with Gasteiger partial charge in [-0.3, -0.25) is 14.5 Å². The lowest BCUT2D eigenvalue weighted by Crippen LogP contribution is -2.32. The van der Waals surface area contributed by atoms with Crippen molar-refractivity contribution in [1.29, 1.82) is 0 Å². The molecule has 26 heavy (non-hydrogen) atoms. The van der Waals surface area contributed by atoms with E-state index in [1.54, 1.807) is 24.4 Å². The predicted molar refractivity (Wildman–Crippen MR) is 87.9 cm³/mol. The van der Waals surface area contributed by atoms with Crippen molar-refractivity contribution in [2.75, 3.05) is 0 Å². The number of pyridine rings is 1. The third-order valence-electron chi connectivity index (χ3n) is 3.66. The number of amides is 1. The van der Waals surface area contributed by atoms with Crippen LogP contribution in [-0.4, -0.2) is 20.7 Å². The van der Waals surface area contributed by atoms with Crippen LogP contribution in [0.15, 0.2) is 67.0 Å². The van der Waals surface area contributed by atoms with E-state index >= 15 is 0 Å². The number of carbonyl (C=O) groups is 1. The van der Waals surface area contributed by atoms with Crippen LogP contribution in [0.5, 0.6) is 0 Å². The normalized spacial score (nSPS) is 12.6. The van der Waals surface area contributed by atoms with Crippen molar-refractivity contribution in [3.63, 3.8) is 0 Å². The Morgan fingerprint density at radius 3 is 2.42 bits per heavy atom. The molecule has 0 bridgehead atoms. The van der Waals surface area contributed by atoms with Gasteiger partial charge in [0, 0.05) is 12.4 Å². The maximum absolute atomic E-state index is 12.6. The minimum absolute atomic E-state index is 0.327. The number of nitrogens with zero attached hydrogens (tertiary/aromatic N) is 3. The highest BCUT2D eigenvalue weighted by Crippen LogP contribution is 2.27. The molecule has 0 saturated heterocycles. The van der Waals surface area contributed by atoms with E-state index in [1.807, 2.05) is 30.3 Å². The average molecular weight is 360 g/mol. The first-order chi connectivity index (χ1) is 12.4. The number of halogens is 3. The molecule has 1 atom stereocenters. The lowest BCUT2D eigenvalue weighted by Gasteiger charge is -2.19. The van der Waals surface area contributed by atoms with Crippen molar-refractivity contribution in [1.82, 2.24) is 20.1 Å². The summed E-state index contributed by atoms with van der Waals surface area (Å²) in [6, 6.07) is 14.9. The summed E-state index contributed by atoms with van der Waals surface area (Å²) in [6.07, 6.45) is -1.80. The first-order valence-electron chi connectivity index (χ1n) is 7.79. The number of aromatic nitrogens is 3. The highest BCUT2D eigenvalue weighted by atomic mass is 19.4. The summed E-state index contributed by atoms with van der Waals surface area (Å²) in [4.78, 5) is 16.6. The number of carbonyl (C=O) groups excluding carboxylic acids is 1. The monoisotopic (exact) mass is 360 g/mol. The summed E-state index contributed by atoms with van der Waals surface area (Å²) in [6.45, 7) is -0.327. The van der Waals surface area contributed by atoms with Gasteiger partial charge in [0.15, 0.2) is 5.69 Å².